The number of dihydropyridines is 1. The first-order valence-corrected chi connectivity index (χ1v) is 4.36. The van der Waals surface area contributed by atoms with Gasteiger partial charge in [0.2, 0.25) is 0 Å². The lowest BCUT2D eigenvalue weighted by molar-refractivity contribution is 0.767. The Kier molecular flexibility index (Phi) is 1.93. The topological polar surface area (TPSA) is 29.9 Å². The van der Waals surface area contributed by atoms with Gasteiger partial charge in [0, 0.05) is 31.0 Å². The van der Waals surface area contributed by atoms with Crippen LogP contribution in [0.3, 0.4) is 0 Å². The molecule has 0 atom stereocenters. The highest BCUT2D eigenvalue weighted by atomic mass is 15.2. The Bertz CT molecular complexity index is 371. The van der Waals surface area contributed by atoms with E-state index >= 15 is 0 Å². The van der Waals surface area contributed by atoms with Gasteiger partial charge in [0.15, 0.2) is 0 Å². The van der Waals surface area contributed by atoms with Gasteiger partial charge in [0.1, 0.15) is 0 Å². The second-order valence-electron chi connectivity index (χ2n) is 3.35. The summed E-state index contributed by atoms with van der Waals surface area (Å²) in [6, 6.07) is 0. The SMILES string of the molecule is CC1=CC=C(c2cnn(C)c2)NC1. The average molecular weight is 175 g/mol. The highest BCUT2D eigenvalue weighted by Crippen LogP contribution is 2.14. The van der Waals surface area contributed by atoms with Crippen LogP contribution in [-0.4, -0.2) is 16.3 Å². The van der Waals surface area contributed by atoms with Gasteiger partial charge in [-0.15, -0.1) is 0 Å². The smallest absolute Gasteiger partial charge is 0.0582 e. The van der Waals surface area contributed by atoms with Crippen LogP contribution in [0.25, 0.3) is 5.70 Å². The normalized spacial score (nSPS) is 16.2. The van der Waals surface area contributed by atoms with Crippen LogP contribution in [0.2, 0.25) is 0 Å². The van der Waals surface area contributed by atoms with Crippen molar-refractivity contribution in [3.63, 3.8) is 0 Å². The van der Waals surface area contributed by atoms with Crippen molar-refractivity contribution in [3.05, 3.63) is 35.7 Å². The van der Waals surface area contributed by atoms with Crippen molar-refractivity contribution in [1.82, 2.24) is 15.1 Å². The summed E-state index contributed by atoms with van der Waals surface area (Å²) in [6.45, 7) is 3.05. The molecule has 2 heterocycles. The quantitative estimate of drug-likeness (QED) is 0.697. The Morgan fingerprint density at radius 3 is 2.85 bits per heavy atom. The lowest BCUT2D eigenvalue weighted by Crippen LogP contribution is -2.17. The molecule has 0 fully saturated rings. The zero-order valence-electron chi connectivity index (χ0n) is 7.91. The molecular weight excluding hydrogens is 162 g/mol. The zero-order chi connectivity index (χ0) is 9.26. The molecule has 1 aliphatic heterocycles. The van der Waals surface area contributed by atoms with Gasteiger partial charge in [0.25, 0.3) is 0 Å². The van der Waals surface area contributed by atoms with E-state index in [9.17, 15) is 0 Å². The number of nitrogens with zero attached hydrogens (tertiary/aromatic N) is 2. The van der Waals surface area contributed by atoms with Gasteiger partial charge in [-0.2, -0.15) is 5.10 Å². The van der Waals surface area contributed by atoms with E-state index in [2.05, 4.69) is 29.5 Å². The molecule has 0 saturated heterocycles. The Morgan fingerprint density at radius 1 is 1.46 bits per heavy atom. The molecule has 0 radical (unpaired) electrons. The summed E-state index contributed by atoms with van der Waals surface area (Å²) in [5.74, 6) is 0. The molecule has 0 unspecified atom stereocenters. The first-order chi connectivity index (χ1) is 6.25. The zero-order valence-corrected chi connectivity index (χ0v) is 7.91. The van der Waals surface area contributed by atoms with Crippen molar-refractivity contribution in [2.75, 3.05) is 6.54 Å². The fourth-order valence-electron chi connectivity index (χ4n) is 1.34. The summed E-state index contributed by atoms with van der Waals surface area (Å²) < 4.78 is 1.81. The Labute approximate surface area is 77.8 Å². The van der Waals surface area contributed by atoms with Crippen LogP contribution in [0.1, 0.15) is 12.5 Å². The van der Waals surface area contributed by atoms with E-state index in [1.165, 1.54) is 5.57 Å². The van der Waals surface area contributed by atoms with E-state index in [0.717, 1.165) is 17.8 Å². The van der Waals surface area contributed by atoms with Crippen LogP contribution < -0.4 is 5.32 Å². The molecule has 68 valence electrons. The number of hydrogen-bond donors (Lipinski definition) is 1. The molecule has 3 nitrogen and oxygen atoms in total. The van der Waals surface area contributed by atoms with E-state index in [1.54, 1.807) is 0 Å². The lowest BCUT2D eigenvalue weighted by Gasteiger charge is -2.13. The molecule has 0 bridgehead atoms. The first-order valence-electron chi connectivity index (χ1n) is 4.36. The largest absolute Gasteiger partial charge is 0.381 e. The minimum Gasteiger partial charge on any atom is -0.381 e. The molecule has 0 aliphatic carbocycles. The molecule has 0 spiro atoms. The molecule has 1 aromatic rings. The van der Waals surface area contributed by atoms with E-state index in [4.69, 9.17) is 0 Å². The number of nitrogens with one attached hydrogen (secondary N) is 1. The monoisotopic (exact) mass is 175 g/mol. The molecule has 2 rings (SSSR count). The highest BCUT2D eigenvalue weighted by Gasteiger charge is 2.05. The van der Waals surface area contributed by atoms with Crippen LogP contribution in [-0.2, 0) is 7.05 Å². The summed E-state index contributed by atoms with van der Waals surface area (Å²) in [4.78, 5) is 0. The van der Waals surface area contributed by atoms with Gasteiger partial charge in [-0.3, -0.25) is 4.68 Å². The van der Waals surface area contributed by atoms with Crippen LogP contribution >= 0.6 is 0 Å². The predicted octanol–water partition coefficient (Wildman–Crippen LogP) is 1.31. The summed E-state index contributed by atoms with van der Waals surface area (Å²) in [7, 11) is 1.92. The highest BCUT2D eigenvalue weighted by molar-refractivity contribution is 5.66. The van der Waals surface area contributed by atoms with Crippen molar-refractivity contribution in [2.45, 2.75) is 6.92 Å². The maximum atomic E-state index is 4.13. The molecule has 1 N–H and O–H groups in total. The molecule has 0 saturated carbocycles. The third kappa shape index (κ3) is 1.64. The molecule has 13 heavy (non-hydrogen) atoms. The van der Waals surface area contributed by atoms with Gasteiger partial charge in [0.05, 0.1) is 6.20 Å². The van der Waals surface area contributed by atoms with Crippen molar-refractivity contribution in [2.24, 2.45) is 7.05 Å². The second kappa shape index (κ2) is 3.09. The molecule has 1 aromatic heterocycles. The van der Waals surface area contributed by atoms with Crippen LogP contribution in [0.15, 0.2) is 30.1 Å². The molecular formula is C10H13N3. The summed E-state index contributed by atoms with van der Waals surface area (Å²) in [5.41, 5.74) is 3.65. The van der Waals surface area contributed by atoms with Crippen LogP contribution in [0.4, 0.5) is 0 Å². The summed E-state index contributed by atoms with van der Waals surface area (Å²) in [6.07, 6.45) is 8.11. The minimum absolute atomic E-state index is 0.931. The van der Waals surface area contributed by atoms with Crippen molar-refractivity contribution < 1.29 is 0 Å². The third-order valence-corrected chi connectivity index (χ3v) is 2.11. The van der Waals surface area contributed by atoms with Crippen LogP contribution in [0, 0.1) is 0 Å². The minimum atomic E-state index is 0.931. The standard InChI is InChI=1S/C10H13N3/c1-8-3-4-10(11-5-8)9-6-12-13(2)7-9/h3-4,6-7,11H,5H2,1-2H3. The fraction of sp³-hybridized carbons (Fsp3) is 0.300. The maximum absolute atomic E-state index is 4.13. The predicted molar refractivity (Wildman–Crippen MR) is 52.9 cm³/mol. The average Bonchev–Trinajstić information content (AvgIpc) is 2.53. The lowest BCUT2D eigenvalue weighted by atomic mass is 10.1. The third-order valence-electron chi connectivity index (χ3n) is 2.11. The Balaban J connectivity index is 2.28. The van der Waals surface area contributed by atoms with Crippen molar-refractivity contribution in [1.29, 1.82) is 0 Å². The fourth-order valence-corrected chi connectivity index (χ4v) is 1.34. The number of hydrogen-bond acceptors (Lipinski definition) is 2. The van der Waals surface area contributed by atoms with Gasteiger partial charge in [-0.25, -0.2) is 0 Å². The second-order valence-corrected chi connectivity index (χ2v) is 3.35. The Morgan fingerprint density at radius 2 is 2.31 bits per heavy atom. The van der Waals surface area contributed by atoms with Gasteiger partial charge in [-0.05, 0) is 13.0 Å². The van der Waals surface area contributed by atoms with Crippen molar-refractivity contribution in [3.8, 4) is 0 Å². The molecule has 1 aliphatic rings. The van der Waals surface area contributed by atoms with Crippen LogP contribution in [0.5, 0.6) is 0 Å². The maximum Gasteiger partial charge on any atom is 0.0582 e. The van der Waals surface area contributed by atoms with E-state index in [1.807, 2.05) is 24.1 Å². The van der Waals surface area contributed by atoms with E-state index < -0.39 is 0 Å². The molecule has 0 aromatic carbocycles. The van der Waals surface area contributed by atoms with E-state index in [-0.39, 0.29) is 0 Å². The number of aryl methyl sites for hydroxylation is 1. The summed E-state index contributed by atoms with van der Waals surface area (Å²) >= 11 is 0. The van der Waals surface area contributed by atoms with Gasteiger partial charge < -0.3 is 5.32 Å². The van der Waals surface area contributed by atoms with Crippen molar-refractivity contribution >= 4 is 5.70 Å². The molecule has 3 heteroatoms. The van der Waals surface area contributed by atoms with Gasteiger partial charge >= 0.3 is 0 Å². The number of aromatic nitrogens is 2. The number of allylic oxidation sites excluding steroid dienone is 2. The summed E-state index contributed by atoms with van der Waals surface area (Å²) in [5, 5.41) is 7.46. The van der Waals surface area contributed by atoms with Gasteiger partial charge in [-0.1, -0.05) is 11.6 Å². The molecule has 0 amide bonds. The first kappa shape index (κ1) is 8.10. The Hall–Kier alpha value is -1.51. The van der Waals surface area contributed by atoms with E-state index in [0.29, 0.717) is 0 Å². The number of rotatable bonds is 1.